The Morgan fingerprint density at radius 3 is 2.61 bits per heavy atom. The first-order valence-electron chi connectivity index (χ1n) is 9.81. The third-order valence-corrected chi connectivity index (χ3v) is 5.83. The van der Waals surface area contributed by atoms with Crippen LogP contribution >= 0.6 is 0 Å². The van der Waals surface area contributed by atoms with Gasteiger partial charge in [-0.15, -0.1) is 0 Å². The maximum Gasteiger partial charge on any atom is 0.270 e. The number of ether oxygens (including phenoxy) is 1. The summed E-state index contributed by atoms with van der Waals surface area (Å²) in [5.74, 6) is -2.43. The van der Waals surface area contributed by atoms with Gasteiger partial charge in [-0.2, -0.15) is 0 Å². The number of likely N-dealkylation sites (N-methyl/N-ethyl adjacent to an activating group) is 1. The molecule has 5 rings (SSSR count). The molecule has 0 radical (unpaired) electrons. The van der Waals surface area contributed by atoms with Crippen LogP contribution in [0.2, 0.25) is 0 Å². The van der Waals surface area contributed by atoms with Gasteiger partial charge in [0.05, 0.1) is 24.6 Å². The molecule has 0 saturated heterocycles. The molecule has 0 unspecified atom stereocenters. The number of halogens is 2. The monoisotopic (exact) mass is 423 g/mol. The number of fused-ring (bicyclic) bond motifs is 4. The second-order valence-corrected chi connectivity index (χ2v) is 7.88. The maximum atomic E-state index is 14.0. The van der Waals surface area contributed by atoms with E-state index >= 15 is 0 Å². The summed E-state index contributed by atoms with van der Waals surface area (Å²) in [6, 6.07) is 8.95. The summed E-state index contributed by atoms with van der Waals surface area (Å²) in [5, 5.41) is 1.23. The zero-order valence-corrected chi connectivity index (χ0v) is 16.9. The van der Waals surface area contributed by atoms with Crippen molar-refractivity contribution in [3.63, 3.8) is 0 Å². The van der Waals surface area contributed by atoms with E-state index < -0.39 is 23.2 Å². The summed E-state index contributed by atoms with van der Waals surface area (Å²) in [6.45, 7) is 2.25. The maximum absolute atomic E-state index is 14.0. The summed E-state index contributed by atoms with van der Waals surface area (Å²) < 4.78 is 33.4. The average molecular weight is 423 g/mol. The number of pyridine rings is 1. The van der Waals surface area contributed by atoms with Gasteiger partial charge in [0, 0.05) is 29.2 Å². The number of amides is 1. The largest absolute Gasteiger partial charge is 0.373 e. The van der Waals surface area contributed by atoms with E-state index in [2.05, 4.69) is 9.97 Å². The molecule has 2 N–H and O–H groups in total. The van der Waals surface area contributed by atoms with Gasteiger partial charge in [0.25, 0.3) is 11.5 Å². The van der Waals surface area contributed by atoms with E-state index in [4.69, 9.17) is 4.74 Å². The zero-order chi connectivity index (χ0) is 21.9. The molecule has 2 aromatic carbocycles. The Labute approximate surface area is 175 Å². The number of carbonyl (C=O) groups excluding carboxylic acids is 1. The van der Waals surface area contributed by atoms with Crippen LogP contribution in [-0.4, -0.2) is 34.4 Å². The number of hydrogen-bond donors (Lipinski definition) is 2. The van der Waals surface area contributed by atoms with Crippen molar-refractivity contribution < 1.29 is 18.3 Å². The van der Waals surface area contributed by atoms with Crippen LogP contribution in [0, 0.1) is 18.6 Å². The molecular weight excluding hydrogens is 404 g/mol. The second kappa shape index (κ2) is 7.02. The number of aromatic amines is 2. The van der Waals surface area contributed by atoms with E-state index in [9.17, 15) is 18.4 Å². The van der Waals surface area contributed by atoms with Crippen LogP contribution in [0.5, 0.6) is 0 Å². The fourth-order valence-electron chi connectivity index (χ4n) is 4.25. The lowest BCUT2D eigenvalue weighted by Gasteiger charge is -2.33. The number of aryl methyl sites for hydroxylation is 1. The smallest absolute Gasteiger partial charge is 0.270 e. The van der Waals surface area contributed by atoms with Crippen LogP contribution in [0.15, 0.2) is 41.2 Å². The van der Waals surface area contributed by atoms with Crippen LogP contribution in [0.25, 0.3) is 21.7 Å². The first-order valence-corrected chi connectivity index (χ1v) is 9.81. The lowest BCUT2D eigenvalue weighted by Crippen LogP contribution is -2.37. The van der Waals surface area contributed by atoms with Crippen molar-refractivity contribution in [1.82, 2.24) is 14.9 Å². The lowest BCUT2D eigenvalue weighted by molar-refractivity contribution is 0.0333. The normalized spacial score (nSPS) is 15.9. The predicted molar refractivity (Wildman–Crippen MR) is 112 cm³/mol. The minimum atomic E-state index is -1.10. The number of nitrogens with one attached hydrogen (secondary N) is 2. The summed E-state index contributed by atoms with van der Waals surface area (Å²) in [7, 11) is 1.62. The van der Waals surface area contributed by atoms with Gasteiger partial charge in [0.2, 0.25) is 0 Å². The van der Waals surface area contributed by atoms with E-state index in [-0.39, 0.29) is 29.9 Å². The van der Waals surface area contributed by atoms with Crippen molar-refractivity contribution in [1.29, 1.82) is 0 Å². The Hall–Kier alpha value is -3.52. The molecule has 8 heteroatoms. The van der Waals surface area contributed by atoms with E-state index in [1.165, 1.54) is 4.90 Å². The fourth-order valence-corrected chi connectivity index (χ4v) is 4.25. The van der Waals surface area contributed by atoms with E-state index in [0.717, 1.165) is 28.6 Å². The van der Waals surface area contributed by atoms with Gasteiger partial charge in [0.1, 0.15) is 5.69 Å². The molecule has 6 nitrogen and oxygen atoms in total. The Balaban J connectivity index is 1.61. The van der Waals surface area contributed by atoms with Gasteiger partial charge < -0.3 is 19.6 Å². The fraction of sp³-hybridized carbons (Fsp3) is 0.217. The molecule has 1 aliphatic rings. The number of aromatic nitrogens is 2. The third-order valence-electron chi connectivity index (χ3n) is 5.83. The van der Waals surface area contributed by atoms with Gasteiger partial charge in [-0.3, -0.25) is 9.59 Å². The van der Waals surface area contributed by atoms with Crippen LogP contribution in [0.4, 0.5) is 8.78 Å². The van der Waals surface area contributed by atoms with Gasteiger partial charge in [-0.05, 0) is 42.6 Å². The van der Waals surface area contributed by atoms with Crippen molar-refractivity contribution in [2.75, 3.05) is 13.7 Å². The van der Waals surface area contributed by atoms with Crippen molar-refractivity contribution in [2.45, 2.75) is 19.6 Å². The van der Waals surface area contributed by atoms with Crippen molar-refractivity contribution in [3.8, 4) is 0 Å². The zero-order valence-electron chi connectivity index (χ0n) is 16.9. The predicted octanol–water partition coefficient (Wildman–Crippen LogP) is 3.94. The highest BCUT2D eigenvalue weighted by Gasteiger charge is 2.32. The van der Waals surface area contributed by atoms with Crippen LogP contribution in [0.1, 0.15) is 33.4 Å². The molecule has 2 aromatic heterocycles. The van der Waals surface area contributed by atoms with Crippen LogP contribution in [-0.2, 0) is 11.3 Å². The summed E-state index contributed by atoms with van der Waals surface area (Å²) in [5.41, 5.74) is 2.81. The Morgan fingerprint density at radius 1 is 1.10 bits per heavy atom. The first kappa shape index (κ1) is 19.4. The van der Waals surface area contributed by atoms with Crippen LogP contribution < -0.4 is 5.56 Å². The van der Waals surface area contributed by atoms with E-state index in [1.807, 2.05) is 25.1 Å². The number of rotatable bonds is 2. The highest BCUT2D eigenvalue weighted by atomic mass is 19.2. The topological polar surface area (TPSA) is 78.2 Å². The van der Waals surface area contributed by atoms with Gasteiger partial charge in [-0.25, -0.2) is 8.78 Å². The van der Waals surface area contributed by atoms with Crippen LogP contribution in [0.3, 0.4) is 0 Å². The molecule has 0 aliphatic carbocycles. The molecule has 0 bridgehead atoms. The molecule has 31 heavy (non-hydrogen) atoms. The Kier molecular flexibility index (Phi) is 4.40. The quantitative estimate of drug-likeness (QED) is 0.513. The standard InChI is InChI=1S/C23H19F2N3O3/c1-11-3-4-17-12(5-11)6-18(26-17)23(30)28(2)20-10-31-9-19-21(20)13-7-15(24)16(25)8-14(13)22(29)27-19/h3-8,20,26H,9-10H2,1-2H3,(H,27,29)/t20-/m1/s1. The summed E-state index contributed by atoms with van der Waals surface area (Å²) in [4.78, 5) is 33.0. The lowest BCUT2D eigenvalue weighted by atomic mass is 9.95. The molecule has 4 aromatic rings. The molecule has 0 fully saturated rings. The molecule has 1 aliphatic heterocycles. The number of benzene rings is 2. The molecule has 3 heterocycles. The highest BCUT2D eigenvalue weighted by molar-refractivity contribution is 5.98. The molecule has 0 saturated carbocycles. The summed E-state index contributed by atoms with van der Waals surface area (Å²) in [6.07, 6.45) is 0. The molecular formula is C23H19F2N3O3. The molecule has 1 atom stereocenters. The number of hydrogen-bond acceptors (Lipinski definition) is 3. The third kappa shape index (κ3) is 3.11. The summed E-state index contributed by atoms with van der Waals surface area (Å²) >= 11 is 0. The second-order valence-electron chi connectivity index (χ2n) is 7.88. The van der Waals surface area contributed by atoms with Crippen molar-refractivity contribution >= 4 is 27.6 Å². The number of H-pyrrole nitrogens is 2. The number of nitrogens with zero attached hydrogens (tertiary/aromatic N) is 1. The van der Waals surface area contributed by atoms with Crippen molar-refractivity contribution in [2.24, 2.45) is 0 Å². The Morgan fingerprint density at radius 2 is 1.84 bits per heavy atom. The van der Waals surface area contributed by atoms with Gasteiger partial charge in [0.15, 0.2) is 11.6 Å². The first-order chi connectivity index (χ1) is 14.8. The Bertz CT molecular complexity index is 1420. The molecule has 0 spiro atoms. The van der Waals surface area contributed by atoms with Crippen molar-refractivity contribution in [3.05, 3.63) is 80.9 Å². The molecule has 1 amide bonds. The minimum Gasteiger partial charge on any atom is -0.373 e. The highest BCUT2D eigenvalue weighted by Crippen LogP contribution is 2.34. The SMILES string of the molecule is Cc1ccc2[nH]c(C(=O)N(C)[C@@H]3COCc4[nH]c(=O)c5cc(F)c(F)cc5c43)cc2c1. The van der Waals surface area contributed by atoms with Gasteiger partial charge >= 0.3 is 0 Å². The minimum absolute atomic E-state index is 0.0338. The van der Waals surface area contributed by atoms with Gasteiger partial charge in [-0.1, -0.05) is 11.6 Å². The molecule has 158 valence electrons. The van der Waals surface area contributed by atoms with E-state index in [1.54, 1.807) is 13.1 Å². The number of carbonyl (C=O) groups is 1. The van der Waals surface area contributed by atoms with E-state index in [0.29, 0.717) is 17.0 Å². The average Bonchev–Trinajstić information content (AvgIpc) is 3.17.